The van der Waals surface area contributed by atoms with E-state index in [1.807, 2.05) is 51.8 Å². The van der Waals surface area contributed by atoms with Crippen molar-refractivity contribution in [2.24, 2.45) is 4.99 Å². The van der Waals surface area contributed by atoms with Gasteiger partial charge in [0.1, 0.15) is 0 Å². The third-order valence-corrected chi connectivity index (χ3v) is 2.34. The summed E-state index contributed by atoms with van der Waals surface area (Å²) in [6, 6.07) is 4.17. The van der Waals surface area contributed by atoms with Crippen molar-refractivity contribution >= 4 is 5.96 Å². The molecule has 4 nitrogen and oxygen atoms in total. The molecule has 1 rings (SSSR count). The summed E-state index contributed by atoms with van der Waals surface area (Å²) in [7, 11) is 8.01. The van der Waals surface area contributed by atoms with Crippen molar-refractivity contribution in [3.8, 4) is 0 Å². The van der Waals surface area contributed by atoms with Crippen LogP contribution in [0.5, 0.6) is 0 Å². The molecular weight excluding hydrogens is 212 g/mol. The topological polar surface area (TPSA) is 31.7 Å². The van der Waals surface area contributed by atoms with Crippen LogP contribution in [0.2, 0.25) is 0 Å². The normalized spacial score (nSPS) is 10.0. The van der Waals surface area contributed by atoms with E-state index in [0.717, 1.165) is 17.3 Å². The van der Waals surface area contributed by atoms with E-state index in [-0.39, 0.29) is 0 Å². The van der Waals surface area contributed by atoms with E-state index in [1.165, 1.54) is 5.56 Å². The van der Waals surface area contributed by atoms with Gasteiger partial charge in [-0.3, -0.25) is 4.98 Å². The summed E-state index contributed by atoms with van der Waals surface area (Å²) in [6.07, 6.45) is 0. The number of pyridine rings is 1. The molecule has 17 heavy (non-hydrogen) atoms. The monoisotopic (exact) mass is 234 g/mol. The van der Waals surface area contributed by atoms with Crippen molar-refractivity contribution in [3.63, 3.8) is 0 Å². The summed E-state index contributed by atoms with van der Waals surface area (Å²) in [4.78, 5) is 13.0. The fraction of sp³-hybridized carbons (Fsp3) is 0.538. The maximum absolute atomic E-state index is 4.62. The van der Waals surface area contributed by atoms with Crippen LogP contribution in [-0.4, -0.2) is 48.9 Å². The standard InChI is InChI=1S/C13H22N4/c1-10-7-12(8-11(2)15-10)9-14-13(16(3)4)17(5)6/h7-8H,9H2,1-6H3. The molecule has 1 aromatic rings. The van der Waals surface area contributed by atoms with Crippen LogP contribution in [-0.2, 0) is 6.54 Å². The first-order valence-corrected chi connectivity index (χ1v) is 5.73. The smallest absolute Gasteiger partial charge is 0.195 e. The lowest BCUT2D eigenvalue weighted by Gasteiger charge is -2.22. The Bertz CT molecular complexity index is 378. The average molecular weight is 234 g/mol. The SMILES string of the molecule is Cc1cc(CN=C(N(C)C)N(C)C)cc(C)n1. The number of hydrogen-bond donors (Lipinski definition) is 0. The second-order valence-corrected chi connectivity index (χ2v) is 4.66. The summed E-state index contributed by atoms with van der Waals surface area (Å²) in [5.74, 6) is 0.970. The molecule has 0 aliphatic heterocycles. The maximum Gasteiger partial charge on any atom is 0.195 e. The van der Waals surface area contributed by atoms with Crippen molar-refractivity contribution in [1.82, 2.24) is 14.8 Å². The molecule has 0 saturated heterocycles. The van der Waals surface area contributed by atoms with Gasteiger partial charge in [0, 0.05) is 39.6 Å². The lowest BCUT2D eigenvalue weighted by atomic mass is 10.2. The summed E-state index contributed by atoms with van der Waals surface area (Å²) in [5, 5.41) is 0. The van der Waals surface area contributed by atoms with Gasteiger partial charge in [-0.15, -0.1) is 0 Å². The van der Waals surface area contributed by atoms with Gasteiger partial charge in [-0.2, -0.15) is 0 Å². The van der Waals surface area contributed by atoms with Crippen LogP contribution in [0, 0.1) is 13.8 Å². The fourth-order valence-corrected chi connectivity index (χ4v) is 1.86. The Balaban J connectivity index is 2.87. The van der Waals surface area contributed by atoms with Gasteiger partial charge >= 0.3 is 0 Å². The Morgan fingerprint density at radius 1 is 1.06 bits per heavy atom. The molecule has 0 aliphatic carbocycles. The van der Waals surface area contributed by atoms with Crippen LogP contribution in [0.15, 0.2) is 17.1 Å². The highest BCUT2D eigenvalue weighted by molar-refractivity contribution is 5.79. The second kappa shape index (κ2) is 5.66. The molecule has 0 fully saturated rings. The van der Waals surface area contributed by atoms with Crippen molar-refractivity contribution in [1.29, 1.82) is 0 Å². The number of aromatic nitrogens is 1. The van der Waals surface area contributed by atoms with E-state index in [4.69, 9.17) is 0 Å². The third kappa shape index (κ3) is 4.06. The molecule has 0 atom stereocenters. The van der Waals surface area contributed by atoms with E-state index in [1.54, 1.807) is 0 Å². The minimum atomic E-state index is 0.690. The minimum absolute atomic E-state index is 0.690. The van der Waals surface area contributed by atoms with Crippen LogP contribution >= 0.6 is 0 Å². The third-order valence-electron chi connectivity index (χ3n) is 2.34. The number of guanidine groups is 1. The van der Waals surface area contributed by atoms with E-state index in [0.29, 0.717) is 6.54 Å². The highest BCUT2D eigenvalue weighted by Gasteiger charge is 2.04. The van der Waals surface area contributed by atoms with Gasteiger partial charge in [0.25, 0.3) is 0 Å². The first-order chi connectivity index (χ1) is 7.90. The van der Waals surface area contributed by atoms with Crippen molar-refractivity contribution in [2.75, 3.05) is 28.2 Å². The zero-order valence-electron chi connectivity index (χ0n) is 11.7. The maximum atomic E-state index is 4.62. The molecule has 0 radical (unpaired) electrons. The number of rotatable bonds is 2. The molecule has 0 N–H and O–H groups in total. The quantitative estimate of drug-likeness (QED) is 0.576. The zero-order chi connectivity index (χ0) is 13.0. The fourth-order valence-electron chi connectivity index (χ4n) is 1.86. The first-order valence-electron chi connectivity index (χ1n) is 5.73. The Morgan fingerprint density at radius 3 is 1.94 bits per heavy atom. The first kappa shape index (κ1) is 13.5. The predicted octanol–water partition coefficient (Wildman–Crippen LogP) is 1.68. The Hall–Kier alpha value is -1.58. The van der Waals surface area contributed by atoms with Crippen molar-refractivity contribution in [2.45, 2.75) is 20.4 Å². The number of hydrogen-bond acceptors (Lipinski definition) is 2. The van der Waals surface area contributed by atoms with Gasteiger partial charge in [0.2, 0.25) is 0 Å². The Labute approximate surface area is 104 Å². The molecule has 0 bridgehead atoms. The molecule has 0 spiro atoms. The lowest BCUT2D eigenvalue weighted by Crippen LogP contribution is -2.35. The Kier molecular flexibility index (Phi) is 4.49. The molecule has 0 unspecified atom stereocenters. The molecule has 1 heterocycles. The van der Waals surface area contributed by atoms with E-state index >= 15 is 0 Å². The molecule has 0 saturated carbocycles. The lowest BCUT2D eigenvalue weighted by molar-refractivity contribution is 0.479. The van der Waals surface area contributed by atoms with Crippen LogP contribution in [0.25, 0.3) is 0 Å². The van der Waals surface area contributed by atoms with Gasteiger partial charge in [-0.05, 0) is 31.5 Å². The average Bonchev–Trinajstić information content (AvgIpc) is 2.14. The van der Waals surface area contributed by atoms with Gasteiger partial charge in [0.15, 0.2) is 5.96 Å². The summed E-state index contributed by atoms with van der Waals surface area (Å²) in [6.45, 7) is 4.72. The molecule has 1 aromatic heterocycles. The van der Waals surface area contributed by atoms with Crippen LogP contribution < -0.4 is 0 Å². The van der Waals surface area contributed by atoms with Gasteiger partial charge in [0.05, 0.1) is 6.54 Å². The second-order valence-electron chi connectivity index (χ2n) is 4.66. The number of nitrogens with zero attached hydrogens (tertiary/aromatic N) is 4. The van der Waals surface area contributed by atoms with Crippen LogP contribution in [0.1, 0.15) is 17.0 Å². The van der Waals surface area contributed by atoms with Crippen molar-refractivity contribution in [3.05, 3.63) is 29.1 Å². The molecule has 94 valence electrons. The van der Waals surface area contributed by atoms with E-state index < -0.39 is 0 Å². The van der Waals surface area contributed by atoms with Crippen LogP contribution in [0.3, 0.4) is 0 Å². The van der Waals surface area contributed by atoms with Crippen LogP contribution in [0.4, 0.5) is 0 Å². The molecule has 4 heteroatoms. The van der Waals surface area contributed by atoms with Gasteiger partial charge in [-0.25, -0.2) is 4.99 Å². The van der Waals surface area contributed by atoms with E-state index in [9.17, 15) is 0 Å². The highest BCUT2D eigenvalue weighted by atomic mass is 15.3. The summed E-state index contributed by atoms with van der Waals surface area (Å²) in [5.41, 5.74) is 3.30. The number of aliphatic imine (C=N–C) groups is 1. The van der Waals surface area contributed by atoms with Gasteiger partial charge in [-0.1, -0.05) is 0 Å². The molecule has 0 aliphatic rings. The van der Waals surface area contributed by atoms with Crippen molar-refractivity contribution < 1.29 is 0 Å². The molecule has 0 amide bonds. The Morgan fingerprint density at radius 2 is 1.53 bits per heavy atom. The predicted molar refractivity (Wildman–Crippen MR) is 72.2 cm³/mol. The largest absolute Gasteiger partial charge is 0.349 e. The highest BCUT2D eigenvalue weighted by Crippen LogP contribution is 2.07. The summed E-state index contributed by atoms with van der Waals surface area (Å²) < 4.78 is 0. The minimum Gasteiger partial charge on any atom is -0.349 e. The molecular formula is C13H22N4. The summed E-state index contributed by atoms with van der Waals surface area (Å²) >= 11 is 0. The number of aryl methyl sites for hydroxylation is 2. The van der Waals surface area contributed by atoms with Gasteiger partial charge < -0.3 is 9.80 Å². The van der Waals surface area contributed by atoms with E-state index in [2.05, 4.69) is 22.1 Å². The molecule has 0 aromatic carbocycles. The zero-order valence-corrected chi connectivity index (χ0v) is 11.7.